The molecule has 0 bridgehead atoms. The summed E-state index contributed by atoms with van der Waals surface area (Å²) in [6, 6.07) is 7.85. The van der Waals surface area contributed by atoms with E-state index in [1.165, 1.54) is 0 Å². The van der Waals surface area contributed by atoms with Gasteiger partial charge in [0.1, 0.15) is 0 Å². The Morgan fingerprint density at radius 3 is 2.67 bits per heavy atom. The van der Waals surface area contributed by atoms with Crippen molar-refractivity contribution in [3.63, 3.8) is 0 Å². The van der Waals surface area contributed by atoms with Gasteiger partial charge in [0.25, 0.3) is 0 Å². The lowest BCUT2D eigenvalue weighted by Crippen LogP contribution is -2.31. The highest BCUT2D eigenvalue weighted by atomic mass is 16.1. The summed E-state index contributed by atoms with van der Waals surface area (Å²) in [5.41, 5.74) is 1.54. The van der Waals surface area contributed by atoms with Crippen molar-refractivity contribution in [1.82, 2.24) is 15.0 Å². The lowest BCUT2D eigenvalue weighted by molar-refractivity contribution is 0.256. The topological polar surface area (TPSA) is 60.1 Å². The highest BCUT2D eigenvalue weighted by Crippen LogP contribution is 2.44. The van der Waals surface area contributed by atoms with E-state index in [9.17, 15) is 4.79 Å². The normalized spacial score (nSPS) is 16.7. The Morgan fingerprint density at radius 1 is 1.28 bits per heavy atom. The van der Waals surface area contributed by atoms with E-state index in [2.05, 4.69) is 15.2 Å². The van der Waals surface area contributed by atoms with Crippen LogP contribution in [0.4, 0.5) is 0 Å². The van der Waals surface area contributed by atoms with E-state index in [-0.39, 0.29) is 5.54 Å². The average Bonchev–Trinajstić information content (AvgIpc) is 2.88. The zero-order valence-electron chi connectivity index (χ0n) is 9.78. The van der Waals surface area contributed by atoms with Gasteiger partial charge in [0.2, 0.25) is 6.08 Å². The van der Waals surface area contributed by atoms with Crippen molar-refractivity contribution in [3.8, 4) is 5.69 Å². The van der Waals surface area contributed by atoms with E-state index in [1.807, 2.05) is 24.3 Å². The first-order chi connectivity index (χ1) is 8.84. The number of carbonyl (C=O) groups excluding carboxylic acids is 1. The van der Waals surface area contributed by atoms with Gasteiger partial charge in [-0.3, -0.25) is 0 Å². The maximum atomic E-state index is 10.6. The predicted molar refractivity (Wildman–Crippen MR) is 65.0 cm³/mol. The molecule has 0 amide bonds. The van der Waals surface area contributed by atoms with E-state index < -0.39 is 0 Å². The van der Waals surface area contributed by atoms with Gasteiger partial charge in [-0.15, -0.1) is 0 Å². The van der Waals surface area contributed by atoms with Crippen LogP contribution in [0, 0.1) is 0 Å². The van der Waals surface area contributed by atoms with Crippen LogP contribution >= 0.6 is 0 Å². The number of aromatic nitrogens is 3. The van der Waals surface area contributed by atoms with Gasteiger partial charge in [0.05, 0.1) is 23.6 Å². The Labute approximate surface area is 104 Å². The third-order valence-electron chi connectivity index (χ3n) is 3.47. The van der Waals surface area contributed by atoms with Crippen molar-refractivity contribution < 1.29 is 4.79 Å². The summed E-state index contributed by atoms with van der Waals surface area (Å²) in [7, 11) is 0. The Morgan fingerprint density at radius 2 is 2.06 bits per heavy atom. The SMILES string of the molecule is O=C=NC1(c2cccc(-n3nccn3)c2)CCC1. The first-order valence-corrected chi connectivity index (χ1v) is 5.90. The Kier molecular flexibility index (Phi) is 2.54. The van der Waals surface area contributed by atoms with Crippen LogP contribution in [0.5, 0.6) is 0 Å². The number of hydrogen-bond acceptors (Lipinski definition) is 4. The zero-order chi connectivity index (χ0) is 12.4. The largest absolute Gasteiger partial charge is 0.235 e. The summed E-state index contributed by atoms with van der Waals surface area (Å²) in [6.45, 7) is 0. The standard InChI is InChI=1S/C13H12N4O/c18-10-14-13(5-2-6-13)11-3-1-4-12(9-11)17-15-7-8-16-17/h1,3-4,7-9H,2,5-6H2. The van der Waals surface area contributed by atoms with Gasteiger partial charge in [0, 0.05) is 0 Å². The molecule has 90 valence electrons. The monoisotopic (exact) mass is 240 g/mol. The zero-order valence-corrected chi connectivity index (χ0v) is 9.78. The minimum atomic E-state index is -0.370. The smallest absolute Gasteiger partial charge is 0.211 e. The Bertz CT molecular complexity index is 595. The molecule has 18 heavy (non-hydrogen) atoms. The molecule has 0 N–H and O–H groups in total. The van der Waals surface area contributed by atoms with Crippen LogP contribution in [0.2, 0.25) is 0 Å². The first kappa shape index (κ1) is 10.9. The number of isocyanates is 1. The lowest BCUT2D eigenvalue weighted by Gasteiger charge is -2.37. The summed E-state index contributed by atoms with van der Waals surface area (Å²) < 4.78 is 0. The summed E-state index contributed by atoms with van der Waals surface area (Å²) >= 11 is 0. The van der Waals surface area contributed by atoms with Gasteiger partial charge in [-0.1, -0.05) is 12.1 Å². The van der Waals surface area contributed by atoms with Crippen LogP contribution in [0.25, 0.3) is 5.69 Å². The van der Waals surface area contributed by atoms with Gasteiger partial charge >= 0.3 is 0 Å². The molecule has 0 spiro atoms. The van der Waals surface area contributed by atoms with Crippen molar-refractivity contribution in [2.24, 2.45) is 4.99 Å². The Hall–Kier alpha value is -2.26. The summed E-state index contributed by atoms with van der Waals surface area (Å²) in [4.78, 5) is 16.1. The van der Waals surface area contributed by atoms with Gasteiger partial charge in [-0.25, -0.2) is 4.79 Å². The number of rotatable bonds is 3. The molecule has 1 heterocycles. The highest BCUT2D eigenvalue weighted by Gasteiger charge is 2.38. The second-order valence-electron chi connectivity index (χ2n) is 4.46. The molecule has 5 nitrogen and oxygen atoms in total. The molecule has 0 saturated heterocycles. The minimum absolute atomic E-state index is 0.370. The van der Waals surface area contributed by atoms with Crippen molar-refractivity contribution >= 4 is 6.08 Å². The molecule has 3 rings (SSSR count). The quantitative estimate of drug-likeness (QED) is 0.608. The fourth-order valence-electron chi connectivity index (χ4n) is 2.33. The Balaban J connectivity index is 2.03. The van der Waals surface area contributed by atoms with Crippen molar-refractivity contribution in [3.05, 3.63) is 42.2 Å². The molecule has 1 aliphatic rings. The van der Waals surface area contributed by atoms with Crippen LogP contribution in [0.3, 0.4) is 0 Å². The predicted octanol–water partition coefficient (Wildman–Crippen LogP) is 1.98. The van der Waals surface area contributed by atoms with Crippen LogP contribution < -0.4 is 0 Å². The molecule has 1 aromatic carbocycles. The minimum Gasteiger partial charge on any atom is -0.211 e. The fourth-order valence-corrected chi connectivity index (χ4v) is 2.33. The lowest BCUT2D eigenvalue weighted by atomic mass is 9.72. The van der Waals surface area contributed by atoms with Crippen LogP contribution in [0.15, 0.2) is 41.7 Å². The molecule has 0 radical (unpaired) electrons. The fraction of sp³-hybridized carbons (Fsp3) is 0.308. The molecule has 0 atom stereocenters. The van der Waals surface area contributed by atoms with E-state index in [4.69, 9.17) is 0 Å². The molecule has 1 fully saturated rings. The van der Waals surface area contributed by atoms with Crippen molar-refractivity contribution in [2.45, 2.75) is 24.8 Å². The third-order valence-corrected chi connectivity index (χ3v) is 3.47. The molecule has 1 saturated carbocycles. The summed E-state index contributed by atoms with van der Waals surface area (Å²) in [5.74, 6) is 0. The number of hydrogen-bond donors (Lipinski definition) is 0. The number of aliphatic imine (C=N–C) groups is 1. The molecule has 5 heteroatoms. The van der Waals surface area contributed by atoms with E-state index in [0.29, 0.717) is 0 Å². The molecule has 0 aliphatic heterocycles. The van der Waals surface area contributed by atoms with Crippen LogP contribution in [-0.2, 0) is 10.3 Å². The second kappa shape index (κ2) is 4.20. The second-order valence-corrected chi connectivity index (χ2v) is 4.46. The molecular formula is C13H12N4O. The van der Waals surface area contributed by atoms with Crippen LogP contribution in [-0.4, -0.2) is 21.1 Å². The number of nitrogens with zero attached hydrogens (tertiary/aromatic N) is 4. The van der Waals surface area contributed by atoms with Crippen LogP contribution in [0.1, 0.15) is 24.8 Å². The van der Waals surface area contributed by atoms with Gasteiger partial charge < -0.3 is 0 Å². The van der Waals surface area contributed by atoms with Gasteiger partial charge in [-0.05, 0) is 37.0 Å². The highest BCUT2D eigenvalue weighted by molar-refractivity contribution is 5.43. The van der Waals surface area contributed by atoms with Gasteiger partial charge in [0.15, 0.2) is 0 Å². The van der Waals surface area contributed by atoms with Gasteiger partial charge in [-0.2, -0.15) is 20.0 Å². The maximum absolute atomic E-state index is 10.6. The van der Waals surface area contributed by atoms with Crippen molar-refractivity contribution in [2.75, 3.05) is 0 Å². The van der Waals surface area contributed by atoms with E-state index >= 15 is 0 Å². The summed E-state index contributed by atoms with van der Waals surface area (Å²) in [5, 5.41) is 8.19. The van der Waals surface area contributed by atoms with E-state index in [0.717, 1.165) is 30.5 Å². The first-order valence-electron chi connectivity index (χ1n) is 5.90. The summed E-state index contributed by atoms with van der Waals surface area (Å²) in [6.07, 6.45) is 7.86. The van der Waals surface area contributed by atoms with Crippen molar-refractivity contribution in [1.29, 1.82) is 0 Å². The third kappa shape index (κ3) is 1.65. The molecule has 0 unspecified atom stereocenters. The maximum Gasteiger partial charge on any atom is 0.235 e. The average molecular weight is 240 g/mol. The molecule has 1 aliphatic carbocycles. The molecule has 2 aromatic rings. The molecular weight excluding hydrogens is 228 g/mol. The van der Waals surface area contributed by atoms with E-state index in [1.54, 1.807) is 23.3 Å². The molecule has 1 aromatic heterocycles. The number of benzene rings is 1.